The summed E-state index contributed by atoms with van der Waals surface area (Å²) in [7, 11) is 0. The molecule has 1 unspecified atom stereocenters. The molecule has 1 aliphatic heterocycles. The van der Waals surface area contributed by atoms with Crippen LogP contribution in [0.2, 0.25) is 5.02 Å². The number of nitrogens with zero attached hydrogens (tertiary/aromatic N) is 1. The highest BCUT2D eigenvalue weighted by atomic mass is 35.5. The number of ketones is 1. The molecule has 1 amide bonds. The van der Waals surface area contributed by atoms with Gasteiger partial charge in [-0.15, -0.1) is 0 Å². The zero-order valence-corrected chi connectivity index (χ0v) is 16.1. The van der Waals surface area contributed by atoms with E-state index >= 15 is 0 Å². The number of carbonyl (C=O) groups is 2. The van der Waals surface area contributed by atoms with Gasteiger partial charge in [-0.05, 0) is 61.7 Å². The van der Waals surface area contributed by atoms with E-state index in [9.17, 15) is 9.59 Å². The van der Waals surface area contributed by atoms with E-state index in [2.05, 4.69) is 10.2 Å². The van der Waals surface area contributed by atoms with E-state index in [0.717, 1.165) is 32.5 Å². The Morgan fingerprint density at radius 2 is 1.78 bits per heavy atom. The molecular formula is C22H25ClN2O2. The van der Waals surface area contributed by atoms with Crippen LogP contribution in [0.1, 0.15) is 40.0 Å². The molecule has 0 aromatic heterocycles. The lowest BCUT2D eigenvalue weighted by atomic mass is 9.97. The number of piperidine rings is 1. The van der Waals surface area contributed by atoms with Crippen LogP contribution >= 0.6 is 11.6 Å². The molecule has 5 heteroatoms. The third-order valence-corrected chi connectivity index (χ3v) is 5.26. The van der Waals surface area contributed by atoms with E-state index in [1.54, 1.807) is 24.3 Å². The fourth-order valence-electron chi connectivity index (χ4n) is 3.49. The maximum absolute atomic E-state index is 12.3. The first kappa shape index (κ1) is 19.6. The summed E-state index contributed by atoms with van der Waals surface area (Å²) in [4.78, 5) is 26.8. The number of hydrogen-bond acceptors (Lipinski definition) is 3. The first-order chi connectivity index (χ1) is 13.1. The van der Waals surface area contributed by atoms with Crippen molar-refractivity contribution in [1.82, 2.24) is 10.2 Å². The van der Waals surface area contributed by atoms with Crippen LogP contribution in [0.4, 0.5) is 0 Å². The molecule has 27 heavy (non-hydrogen) atoms. The maximum atomic E-state index is 12.3. The van der Waals surface area contributed by atoms with Gasteiger partial charge in [-0.2, -0.15) is 0 Å². The summed E-state index contributed by atoms with van der Waals surface area (Å²) in [5.74, 6) is 0.550. The average molecular weight is 385 g/mol. The Morgan fingerprint density at radius 3 is 2.52 bits per heavy atom. The van der Waals surface area contributed by atoms with Crippen LogP contribution in [0.25, 0.3) is 0 Å². The van der Waals surface area contributed by atoms with Crippen molar-refractivity contribution in [3.8, 4) is 0 Å². The molecule has 0 radical (unpaired) electrons. The van der Waals surface area contributed by atoms with Crippen molar-refractivity contribution in [3.63, 3.8) is 0 Å². The first-order valence-corrected chi connectivity index (χ1v) is 9.84. The van der Waals surface area contributed by atoms with Gasteiger partial charge in [0.15, 0.2) is 5.78 Å². The molecule has 1 atom stereocenters. The highest BCUT2D eigenvalue weighted by Gasteiger charge is 2.21. The molecule has 0 saturated carbocycles. The Bertz CT molecular complexity index is 762. The van der Waals surface area contributed by atoms with Crippen molar-refractivity contribution in [3.05, 3.63) is 70.7 Å². The molecule has 1 N–H and O–H groups in total. The predicted octanol–water partition coefficient (Wildman–Crippen LogP) is 4.05. The van der Waals surface area contributed by atoms with Gasteiger partial charge in [0, 0.05) is 42.2 Å². The van der Waals surface area contributed by atoms with E-state index in [-0.39, 0.29) is 11.7 Å². The van der Waals surface area contributed by atoms with Crippen molar-refractivity contribution in [2.45, 2.75) is 19.3 Å². The smallest absolute Gasteiger partial charge is 0.251 e. The van der Waals surface area contributed by atoms with Crippen molar-refractivity contribution >= 4 is 23.3 Å². The summed E-state index contributed by atoms with van der Waals surface area (Å²) in [5, 5.41) is 3.68. The van der Waals surface area contributed by atoms with E-state index < -0.39 is 0 Å². The Kier molecular flexibility index (Phi) is 7.02. The normalized spacial score (nSPS) is 17.4. The van der Waals surface area contributed by atoms with Crippen molar-refractivity contribution < 1.29 is 9.59 Å². The number of Topliss-reactive ketones (excluding diaryl/α,β-unsaturated/α-hetero) is 1. The lowest BCUT2D eigenvalue weighted by molar-refractivity contribution is 0.0922. The summed E-state index contributed by atoms with van der Waals surface area (Å²) in [6.45, 7) is 3.36. The zero-order valence-electron chi connectivity index (χ0n) is 15.4. The molecule has 2 aromatic carbocycles. The van der Waals surface area contributed by atoms with Gasteiger partial charge in [0.2, 0.25) is 0 Å². The van der Waals surface area contributed by atoms with Crippen LogP contribution in [-0.4, -0.2) is 42.8 Å². The zero-order chi connectivity index (χ0) is 19.1. The van der Waals surface area contributed by atoms with Gasteiger partial charge in [0.25, 0.3) is 5.91 Å². The van der Waals surface area contributed by atoms with Crippen molar-refractivity contribution in [2.75, 3.05) is 26.2 Å². The quantitative estimate of drug-likeness (QED) is 0.732. The van der Waals surface area contributed by atoms with Crippen molar-refractivity contribution in [1.29, 1.82) is 0 Å². The van der Waals surface area contributed by atoms with Gasteiger partial charge in [-0.1, -0.05) is 29.8 Å². The molecule has 4 nitrogen and oxygen atoms in total. The highest BCUT2D eigenvalue weighted by molar-refractivity contribution is 6.30. The lowest BCUT2D eigenvalue weighted by Crippen LogP contribution is -2.41. The Labute approximate surface area is 165 Å². The standard InChI is InChI=1S/C22H25ClN2O2/c23-20-10-8-18(9-11-20)21(26)12-14-25-13-4-5-17(16-25)15-24-22(27)19-6-2-1-3-7-19/h1-3,6-11,17H,4-5,12-16H2,(H,24,27). The van der Waals surface area contributed by atoms with Gasteiger partial charge in [-0.3, -0.25) is 9.59 Å². The minimum absolute atomic E-state index is 0.0226. The van der Waals surface area contributed by atoms with Gasteiger partial charge in [0.05, 0.1) is 0 Å². The fourth-order valence-corrected chi connectivity index (χ4v) is 3.62. The topological polar surface area (TPSA) is 49.4 Å². The third kappa shape index (κ3) is 5.91. The minimum atomic E-state index is -0.0226. The molecule has 2 aromatic rings. The predicted molar refractivity (Wildman–Crippen MR) is 108 cm³/mol. The van der Waals surface area contributed by atoms with E-state index in [1.165, 1.54) is 0 Å². The van der Waals surface area contributed by atoms with Crippen LogP contribution in [0.5, 0.6) is 0 Å². The Morgan fingerprint density at radius 1 is 1.04 bits per heavy atom. The average Bonchev–Trinajstić information content (AvgIpc) is 2.72. The number of hydrogen-bond donors (Lipinski definition) is 1. The molecule has 0 aliphatic carbocycles. The second-order valence-corrected chi connectivity index (χ2v) is 7.50. The number of halogens is 1. The Hall–Kier alpha value is -2.17. The summed E-state index contributed by atoms with van der Waals surface area (Å²) in [5.41, 5.74) is 1.40. The van der Waals surface area contributed by atoms with Gasteiger partial charge < -0.3 is 10.2 Å². The molecule has 1 heterocycles. The van der Waals surface area contributed by atoms with E-state index in [4.69, 9.17) is 11.6 Å². The summed E-state index contributed by atoms with van der Waals surface area (Å²) in [6.07, 6.45) is 2.71. The molecule has 0 spiro atoms. The van der Waals surface area contributed by atoms with E-state index in [1.807, 2.05) is 30.3 Å². The maximum Gasteiger partial charge on any atom is 0.251 e. The molecule has 1 aliphatic rings. The molecule has 0 bridgehead atoms. The molecule has 142 valence electrons. The van der Waals surface area contributed by atoms with Gasteiger partial charge in [-0.25, -0.2) is 0 Å². The summed E-state index contributed by atoms with van der Waals surface area (Å²) < 4.78 is 0. The monoisotopic (exact) mass is 384 g/mol. The molecule has 3 rings (SSSR count). The Balaban J connectivity index is 1.43. The van der Waals surface area contributed by atoms with Crippen LogP contribution < -0.4 is 5.32 Å². The highest BCUT2D eigenvalue weighted by Crippen LogP contribution is 2.17. The van der Waals surface area contributed by atoms with Crippen LogP contribution in [0.3, 0.4) is 0 Å². The molecular weight excluding hydrogens is 360 g/mol. The third-order valence-electron chi connectivity index (χ3n) is 5.01. The number of benzene rings is 2. The fraction of sp³-hybridized carbons (Fsp3) is 0.364. The number of amides is 1. The van der Waals surface area contributed by atoms with Crippen molar-refractivity contribution in [2.24, 2.45) is 5.92 Å². The number of rotatable bonds is 7. The van der Waals surface area contributed by atoms with Gasteiger partial charge in [0.1, 0.15) is 0 Å². The number of likely N-dealkylation sites (tertiary alicyclic amines) is 1. The summed E-state index contributed by atoms with van der Waals surface area (Å²) in [6, 6.07) is 16.4. The number of nitrogens with one attached hydrogen (secondary N) is 1. The molecule has 1 saturated heterocycles. The SMILES string of the molecule is O=C(CCN1CCCC(CNC(=O)c2ccccc2)C1)c1ccc(Cl)cc1. The first-order valence-electron chi connectivity index (χ1n) is 9.46. The molecule has 1 fully saturated rings. The van der Waals surface area contributed by atoms with Crippen LogP contribution in [0, 0.1) is 5.92 Å². The second-order valence-electron chi connectivity index (χ2n) is 7.06. The summed E-state index contributed by atoms with van der Waals surface area (Å²) >= 11 is 5.87. The lowest BCUT2D eigenvalue weighted by Gasteiger charge is -2.32. The largest absolute Gasteiger partial charge is 0.352 e. The minimum Gasteiger partial charge on any atom is -0.352 e. The number of carbonyl (C=O) groups excluding carboxylic acids is 2. The van der Waals surface area contributed by atoms with Gasteiger partial charge >= 0.3 is 0 Å². The van der Waals surface area contributed by atoms with E-state index in [0.29, 0.717) is 35.0 Å². The van der Waals surface area contributed by atoms with Crippen LogP contribution in [0.15, 0.2) is 54.6 Å². The van der Waals surface area contributed by atoms with Crippen LogP contribution in [-0.2, 0) is 0 Å². The second kappa shape index (κ2) is 9.67.